The summed E-state index contributed by atoms with van der Waals surface area (Å²) < 4.78 is 5.43. The Morgan fingerprint density at radius 1 is 1.03 bits per heavy atom. The van der Waals surface area contributed by atoms with Crippen LogP contribution in [0.15, 0.2) is 54.7 Å². The van der Waals surface area contributed by atoms with Gasteiger partial charge in [-0.2, -0.15) is 0 Å². The van der Waals surface area contributed by atoms with Crippen molar-refractivity contribution in [3.63, 3.8) is 0 Å². The quantitative estimate of drug-likeness (QED) is 0.618. The minimum atomic E-state index is -0.0215. The summed E-state index contributed by atoms with van der Waals surface area (Å²) >= 11 is 0. The largest absolute Gasteiger partial charge is 0.378 e. The molecule has 7 nitrogen and oxygen atoms in total. The topological polar surface area (TPSA) is 79.4 Å². The molecular formula is C25H27N5O2. The molecule has 3 aromatic rings. The van der Waals surface area contributed by atoms with Crippen LogP contribution in [0.5, 0.6) is 0 Å². The van der Waals surface area contributed by atoms with Gasteiger partial charge < -0.3 is 20.3 Å². The fourth-order valence-corrected chi connectivity index (χ4v) is 3.69. The lowest BCUT2D eigenvalue weighted by Crippen LogP contribution is -2.36. The van der Waals surface area contributed by atoms with Crippen molar-refractivity contribution in [1.29, 1.82) is 0 Å². The maximum atomic E-state index is 12.2. The van der Waals surface area contributed by atoms with E-state index in [0.717, 1.165) is 61.8 Å². The summed E-state index contributed by atoms with van der Waals surface area (Å²) in [5.41, 5.74) is 4.67. The Kier molecular flexibility index (Phi) is 5.73. The summed E-state index contributed by atoms with van der Waals surface area (Å²) in [5.74, 6) is 1.37. The van der Waals surface area contributed by atoms with Crippen LogP contribution < -0.4 is 15.5 Å². The molecule has 0 radical (unpaired) electrons. The number of hydrogen-bond acceptors (Lipinski definition) is 6. The van der Waals surface area contributed by atoms with Gasteiger partial charge in [0, 0.05) is 53.4 Å². The van der Waals surface area contributed by atoms with Crippen molar-refractivity contribution in [2.45, 2.75) is 25.8 Å². The molecule has 5 rings (SSSR count). The molecule has 1 aliphatic carbocycles. The van der Waals surface area contributed by atoms with Gasteiger partial charge in [0.2, 0.25) is 0 Å². The standard InChI is InChI=1S/C25H27N5O2/c1-17-16-26-24(18-2-4-19(5-3-18)25(31)28-21-6-7-21)29-23(17)27-20-8-10-22(11-9-20)30-12-14-32-15-13-30/h2-5,8-11,16,21H,6-7,12-15H2,1H3,(H,28,31)(H,26,27,29). The monoisotopic (exact) mass is 429 g/mol. The van der Waals surface area contributed by atoms with Crippen LogP contribution in [0, 0.1) is 6.92 Å². The van der Waals surface area contributed by atoms with Crippen LogP contribution in [-0.4, -0.2) is 48.2 Å². The second-order valence-electron chi connectivity index (χ2n) is 8.32. The zero-order valence-corrected chi connectivity index (χ0v) is 18.2. The van der Waals surface area contributed by atoms with E-state index < -0.39 is 0 Å². The van der Waals surface area contributed by atoms with Gasteiger partial charge in [0.25, 0.3) is 5.91 Å². The smallest absolute Gasteiger partial charge is 0.251 e. The molecular weight excluding hydrogens is 402 g/mol. The van der Waals surface area contributed by atoms with E-state index in [4.69, 9.17) is 9.72 Å². The third-order valence-corrected chi connectivity index (χ3v) is 5.80. The predicted octanol–water partition coefficient (Wildman–Crippen LogP) is 3.92. The van der Waals surface area contributed by atoms with Crippen LogP contribution in [0.2, 0.25) is 0 Å². The van der Waals surface area contributed by atoms with E-state index in [1.54, 1.807) is 0 Å². The van der Waals surface area contributed by atoms with Crippen LogP contribution in [0.25, 0.3) is 11.4 Å². The van der Waals surface area contributed by atoms with Gasteiger partial charge in [-0.1, -0.05) is 12.1 Å². The number of aryl methyl sites for hydroxylation is 1. The van der Waals surface area contributed by atoms with Gasteiger partial charge >= 0.3 is 0 Å². The van der Waals surface area contributed by atoms with Crippen molar-refractivity contribution in [1.82, 2.24) is 15.3 Å². The molecule has 2 N–H and O–H groups in total. The highest BCUT2D eigenvalue weighted by Gasteiger charge is 2.23. The maximum Gasteiger partial charge on any atom is 0.251 e. The molecule has 2 aromatic carbocycles. The third-order valence-electron chi connectivity index (χ3n) is 5.80. The molecule has 1 saturated carbocycles. The van der Waals surface area contributed by atoms with E-state index in [1.807, 2.05) is 37.4 Å². The Hall–Kier alpha value is -3.45. The summed E-state index contributed by atoms with van der Waals surface area (Å²) in [6.07, 6.45) is 3.97. The molecule has 1 aliphatic heterocycles. The number of nitrogens with one attached hydrogen (secondary N) is 2. The van der Waals surface area contributed by atoms with Crippen molar-refractivity contribution in [3.8, 4) is 11.4 Å². The maximum absolute atomic E-state index is 12.2. The van der Waals surface area contributed by atoms with Gasteiger partial charge in [0.05, 0.1) is 13.2 Å². The molecule has 7 heteroatoms. The molecule has 2 aliphatic rings. The molecule has 32 heavy (non-hydrogen) atoms. The number of rotatable bonds is 6. The highest BCUT2D eigenvalue weighted by molar-refractivity contribution is 5.95. The first kappa shape index (κ1) is 20.5. The molecule has 0 unspecified atom stereocenters. The van der Waals surface area contributed by atoms with E-state index in [0.29, 0.717) is 17.4 Å². The molecule has 1 saturated heterocycles. The van der Waals surface area contributed by atoms with E-state index in [-0.39, 0.29) is 5.91 Å². The lowest BCUT2D eigenvalue weighted by atomic mass is 10.1. The summed E-state index contributed by atoms with van der Waals surface area (Å²) in [6, 6.07) is 16.2. The number of hydrogen-bond donors (Lipinski definition) is 2. The molecule has 164 valence electrons. The third kappa shape index (κ3) is 4.73. The van der Waals surface area contributed by atoms with Crippen molar-refractivity contribution in [2.75, 3.05) is 36.5 Å². The lowest BCUT2D eigenvalue weighted by molar-refractivity contribution is 0.0951. The average Bonchev–Trinajstić information content (AvgIpc) is 3.66. The Labute approximate surface area is 187 Å². The van der Waals surface area contributed by atoms with E-state index in [2.05, 4.69) is 44.8 Å². The second kappa shape index (κ2) is 8.96. The molecule has 2 heterocycles. The molecule has 0 atom stereocenters. The van der Waals surface area contributed by atoms with Crippen LogP contribution in [0.4, 0.5) is 17.2 Å². The summed E-state index contributed by atoms with van der Waals surface area (Å²) in [6.45, 7) is 5.37. The zero-order valence-electron chi connectivity index (χ0n) is 18.2. The average molecular weight is 430 g/mol. The SMILES string of the molecule is Cc1cnc(-c2ccc(C(=O)NC3CC3)cc2)nc1Nc1ccc(N2CCOCC2)cc1. The number of ether oxygens (including phenoxy) is 1. The van der Waals surface area contributed by atoms with Crippen LogP contribution in [-0.2, 0) is 4.74 Å². The highest BCUT2D eigenvalue weighted by atomic mass is 16.5. The van der Waals surface area contributed by atoms with Crippen molar-refractivity contribution < 1.29 is 9.53 Å². The van der Waals surface area contributed by atoms with Crippen molar-refractivity contribution in [3.05, 3.63) is 65.9 Å². The number of morpholine rings is 1. The van der Waals surface area contributed by atoms with Crippen molar-refractivity contribution in [2.24, 2.45) is 0 Å². The van der Waals surface area contributed by atoms with Gasteiger partial charge in [-0.05, 0) is 56.2 Å². The van der Waals surface area contributed by atoms with Crippen molar-refractivity contribution >= 4 is 23.1 Å². The number of aromatic nitrogens is 2. The number of carbonyl (C=O) groups excluding carboxylic acids is 1. The number of carbonyl (C=O) groups is 1. The number of benzene rings is 2. The molecule has 0 bridgehead atoms. The summed E-state index contributed by atoms with van der Waals surface area (Å²) in [5, 5.41) is 6.42. The number of anilines is 3. The Morgan fingerprint density at radius 3 is 2.44 bits per heavy atom. The van der Waals surface area contributed by atoms with E-state index in [1.165, 1.54) is 5.69 Å². The number of amides is 1. The van der Waals surface area contributed by atoms with Gasteiger partial charge in [-0.25, -0.2) is 9.97 Å². The normalized spacial score (nSPS) is 16.0. The zero-order chi connectivity index (χ0) is 21.9. The van der Waals surface area contributed by atoms with E-state index in [9.17, 15) is 4.79 Å². The van der Waals surface area contributed by atoms with Crippen LogP contribution in [0.1, 0.15) is 28.8 Å². The molecule has 1 amide bonds. The highest BCUT2D eigenvalue weighted by Crippen LogP contribution is 2.25. The Bertz CT molecular complexity index is 1090. The van der Waals surface area contributed by atoms with Gasteiger partial charge in [0.15, 0.2) is 5.82 Å². The predicted molar refractivity (Wildman–Crippen MR) is 125 cm³/mol. The fourth-order valence-electron chi connectivity index (χ4n) is 3.69. The minimum Gasteiger partial charge on any atom is -0.378 e. The van der Waals surface area contributed by atoms with Gasteiger partial charge in [-0.15, -0.1) is 0 Å². The van der Waals surface area contributed by atoms with Crippen LogP contribution in [0.3, 0.4) is 0 Å². The Morgan fingerprint density at radius 2 is 1.75 bits per heavy atom. The lowest BCUT2D eigenvalue weighted by Gasteiger charge is -2.28. The van der Waals surface area contributed by atoms with Gasteiger partial charge in [0.1, 0.15) is 5.82 Å². The van der Waals surface area contributed by atoms with Gasteiger partial charge in [-0.3, -0.25) is 4.79 Å². The fraction of sp³-hybridized carbons (Fsp3) is 0.320. The first-order valence-corrected chi connectivity index (χ1v) is 11.1. The first-order valence-electron chi connectivity index (χ1n) is 11.1. The second-order valence-corrected chi connectivity index (χ2v) is 8.32. The van der Waals surface area contributed by atoms with E-state index >= 15 is 0 Å². The minimum absolute atomic E-state index is 0.0215. The summed E-state index contributed by atoms with van der Waals surface area (Å²) in [4.78, 5) is 23.8. The first-order chi connectivity index (χ1) is 15.7. The molecule has 2 fully saturated rings. The van der Waals surface area contributed by atoms with Crippen LogP contribution >= 0.6 is 0 Å². The Balaban J connectivity index is 1.29. The molecule has 0 spiro atoms. The number of nitrogens with zero attached hydrogens (tertiary/aromatic N) is 3. The summed E-state index contributed by atoms with van der Waals surface area (Å²) in [7, 11) is 0. The molecule has 1 aromatic heterocycles.